The van der Waals surface area contributed by atoms with Gasteiger partial charge < -0.3 is 5.32 Å². The average molecular weight is 276 g/mol. The summed E-state index contributed by atoms with van der Waals surface area (Å²) in [5.74, 6) is 0.777. The third-order valence-corrected chi connectivity index (χ3v) is 3.63. The number of rotatable bonds is 3. The van der Waals surface area contributed by atoms with E-state index in [0.717, 1.165) is 23.3 Å². The Labute approximate surface area is 113 Å². The molecule has 1 aromatic carbocycles. The Morgan fingerprint density at radius 2 is 2.00 bits per heavy atom. The van der Waals surface area contributed by atoms with Crippen molar-refractivity contribution in [1.82, 2.24) is 9.97 Å². The van der Waals surface area contributed by atoms with Crippen molar-refractivity contribution >= 4 is 39.7 Å². The van der Waals surface area contributed by atoms with Gasteiger partial charge in [-0.2, -0.15) is 0 Å². The summed E-state index contributed by atoms with van der Waals surface area (Å²) in [5, 5.41) is 6.61. The van der Waals surface area contributed by atoms with Crippen LogP contribution in [-0.2, 0) is 6.54 Å². The van der Waals surface area contributed by atoms with Crippen molar-refractivity contribution in [3.63, 3.8) is 0 Å². The standard InChI is InChI=1S/C13H10ClN3S/c14-13-16-11-6-2-1-5-10(11)12(17-13)15-8-9-4-3-7-18-9/h1-7H,8H2,(H,15,16,17). The lowest BCUT2D eigenvalue weighted by molar-refractivity contribution is 1.13. The Kier molecular flexibility index (Phi) is 3.13. The third kappa shape index (κ3) is 2.30. The summed E-state index contributed by atoms with van der Waals surface area (Å²) < 4.78 is 0. The minimum atomic E-state index is 0.266. The van der Waals surface area contributed by atoms with Crippen LogP contribution in [0.25, 0.3) is 10.9 Å². The first-order chi connectivity index (χ1) is 8.83. The van der Waals surface area contributed by atoms with Crippen molar-refractivity contribution in [2.45, 2.75) is 6.54 Å². The van der Waals surface area contributed by atoms with Gasteiger partial charge in [0.25, 0.3) is 0 Å². The van der Waals surface area contributed by atoms with Crippen molar-refractivity contribution in [2.24, 2.45) is 0 Å². The van der Waals surface area contributed by atoms with Gasteiger partial charge in [-0.1, -0.05) is 18.2 Å². The SMILES string of the molecule is Clc1nc(NCc2cccs2)c2ccccc2n1. The number of para-hydroxylation sites is 1. The molecule has 3 nitrogen and oxygen atoms in total. The highest BCUT2D eigenvalue weighted by Crippen LogP contribution is 2.22. The number of benzene rings is 1. The molecule has 0 spiro atoms. The van der Waals surface area contributed by atoms with Crippen LogP contribution in [0.3, 0.4) is 0 Å². The number of fused-ring (bicyclic) bond motifs is 1. The fourth-order valence-corrected chi connectivity index (χ4v) is 2.59. The predicted molar refractivity (Wildman–Crippen MR) is 76.2 cm³/mol. The van der Waals surface area contributed by atoms with E-state index in [-0.39, 0.29) is 5.28 Å². The molecular weight excluding hydrogens is 266 g/mol. The lowest BCUT2D eigenvalue weighted by Gasteiger charge is -2.07. The number of thiophene rings is 1. The molecule has 0 amide bonds. The summed E-state index contributed by atoms with van der Waals surface area (Å²) in [6.07, 6.45) is 0. The van der Waals surface area contributed by atoms with E-state index in [9.17, 15) is 0 Å². The second-order valence-electron chi connectivity index (χ2n) is 3.79. The Morgan fingerprint density at radius 3 is 2.83 bits per heavy atom. The van der Waals surface area contributed by atoms with Gasteiger partial charge in [0, 0.05) is 10.3 Å². The van der Waals surface area contributed by atoms with E-state index in [1.165, 1.54) is 4.88 Å². The van der Waals surface area contributed by atoms with Crippen LogP contribution in [0.15, 0.2) is 41.8 Å². The van der Waals surface area contributed by atoms with Crippen molar-refractivity contribution < 1.29 is 0 Å². The molecule has 1 N–H and O–H groups in total. The van der Waals surface area contributed by atoms with Gasteiger partial charge in [-0.15, -0.1) is 11.3 Å². The molecular formula is C13H10ClN3S. The lowest BCUT2D eigenvalue weighted by atomic mass is 10.2. The molecule has 0 aliphatic heterocycles. The molecule has 90 valence electrons. The molecule has 0 radical (unpaired) electrons. The number of nitrogens with zero attached hydrogens (tertiary/aromatic N) is 2. The van der Waals surface area contributed by atoms with Crippen LogP contribution >= 0.6 is 22.9 Å². The molecule has 2 heterocycles. The molecule has 0 unspecified atom stereocenters. The number of nitrogens with one attached hydrogen (secondary N) is 1. The number of anilines is 1. The van der Waals surface area contributed by atoms with Gasteiger partial charge >= 0.3 is 0 Å². The molecule has 18 heavy (non-hydrogen) atoms. The lowest BCUT2D eigenvalue weighted by Crippen LogP contribution is -2.01. The Morgan fingerprint density at radius 1 is 1.11 bits per heavy atom. The van der Waals surface area contributed by atoms with Crippen LogP contribution in [-0.4, -0.2) is 9.97 Å². The highest BCUT2D eigenvalue weighted by atomic mass is 35.5. The van der Waals surface area contributed by atoms with Crippen LogP contribution < -0.4 is 5.32 Å². The second kappa shape index (κ2) is 4.92. The number of aromatic nitrogens is 2. The summed E-state index contributed by atoms with van der Waals surface area (Å²) in [5.41, 5.74) is 0.853. The largest absolute Gasteiger partial charge is 0.365 e. The van der Waals surface area contributed by atoms with E-state index in [0.29, 0.717) is 0 Å². The molecule has 0 saturated carbocycles. The first kappa shape index (κ1) is 11.4. The fourth-order valence-electron chi connectivity index (χ4n) is 1.77. The van der Waals surface area contributed by atoms with E-state index in [1.54, 1.807) is 11.3 Å². The van der Waals surface area contributed by atoms with Crippen LogP contribution in [0.2, 0.25) is 5.28 Å². The van der Waals surface area contributed by atoms with Crippen LogP contribution in [0.4, 0.5) is 5.82 Å². The zero-order chi connectivity index (χ0) is 12.4. The minimum absolute atomic E-state index is 0.266. The van der Waals surface area contributed by atoms with Crippen LogP contribution in [0.1, 0.15) is 4.88 Å². The van der Waals surface area contributed by atoms with Gasteiger partial charge in [0.15, 0.2) is 0 Å². The average Bonchev–Trinajstić information content (AvgIpc) is 2.89. The quantitative estimate of drug-likeness (QED) is 0.735. The first-order valence-corrected chi connectivity index (χ1v) is 6.77. The Balaban J connectivity index is 1.95. The summed E-state index contributed by atoms with van der Waals surface area (Å²) in [6, 6.07) is 11.9. The van der Waals surface area contributed by atoms with Gasteiger partial charge in [-0.05, 0) is 35.2 Å². The topological polar surface area (TPSA) is 37.8 Å². The van der Waals surface area contributed by atoms with Crippen LogP contribution in [0.5, 0.6) is 0 Å². The van der Waals surface area contributed by atoms with Crippen molar-refractivity contribution in [3.8, 4) is 0 Å². The van der Waals surface area contributed by atoms with Crippen molar-refractivity contribution in [1.29, 1.82) is 0 Å². The molecule has 3 rings (SSSR count). The van der Waals surface area contributed by atoms with E-state index in [4.69, 9.17) is 11.6 Å². The monoisotopic (exact) mass is 275 g/mol. The van der Waals surface area contributed by atoms with Crippen molar-refractivity contribution in [2.75, 3.05) is 5.32 Å². The maximum Gasteiger partial charge on any atom is 0.224 e. The molecule has 0 bridgehead atoms. The number of hydrogen-bond acceptors (Lipinski definition) is 4. The predicted octanol–water partition coefficient (Wildman–Crippen LogP) is 3.96. The van der Waals surface area contributed by atoms with Crippen molar-refractivity contribution in [3.05, 3.63) is 51.9 Å². The molecule has 0 aliphatic carbocycles. The second-order valence-corrected chi connectivity index (χ2v) is 5.16. The number of hydrogen-bond donors (Lipinski definition) is 1. The smallest absolute Gasteiger partial charge is 0.224 e. The highest BCUT2D eigenvalue weighted by molar-refractivity contribution is 7.09. The fraction of sp³-hybridized carbons (Fsp3) is 0.0769. The zero-order valence-corrected chi connectivity index (χ0v) is 11.0. The van der Waals surface area contributed by atoms with Crippen LogP contribution in [0, 0.1) is 0 Å². The maximum absolute atomic E-state index is 5.92. The maximum atomic E-state index is 5.92. The third-order valence-electron chi connectivity index (χ3n) is 2.59. The van der Waals surface area contributed by atoms with Gasteiger partial charge in [0.1, 0.15) is 5.82 Å². The van der Waals surface area contributed by atoms with E-state index in [2.05, 4.69) is 26.7 Å². The highest BCUT2D eigenvalue weighted by Gasteiger charge is 2.05. The summed E-state index contributed by atoms with van der Waals surface area (Å²) in [7, 11) is 0. The normalized spacial score (nSPS) is 10.7. The first-order valence-electron chi connectivity index (χ1n) is 5.51. The van der Waals surface area contributed by atoms with Gasteiger partial charge in [0.05, 0.1) is 12.1 Å². The molecule has 0 saturated heterocycles. The number of halogens is 1. The minimum Gasteiger partial charge on any atom is -0.365 e. The molecule has 0 atom stereocenters. The Bertz CT molecular complexity index is 667. The summed E-state index contributed by atoms with van der Waals surface area (Å²) >= 11 is 7.64. The molecule has 3 aromatic rings. The van der Waals surface area contributed by atoms with E-state index >= 15 is 0 Å². The van der Waals surface area contributed by atoms with Gasteiger partial charge in [0.2, 0.25) is 5.28 Å². The molecule has 2 aromatic heterocycles. The Hall–Kier alpha value is -1.65. The summed E-state index contributed by atoms with van der Waals surface area (Å²) in [6.45, 7) is 0.745. The molecule has 0 aliphatic rings. The van der Waals surface area contributed by atoms with Gasteiger partial charge in [-0.25, -0.2) is 9.97 Å². The molecule has 5 heteroatoms. The van der Waals surface area contributed by atoms with E-state index in [1.807, 2.05) is 30.3 Å². The van der Waals surface area contributed by atoms with E-state index < -0.39 is 0 Å². The molecule has 0 fully saturated rings. The summed E-state index contributed by atoms with van der Waals surface area (Å²) in [4.78, 5) is 9.70. The van der Waals surface area contributed by atoms with Gasteiger partial charge in [-0.3, -0.25) is 0 Å². The zero-order valence-electron chi connectivity index (χ0n) is 9.43.